The van der Waals surface area contributed by atoms with Crippen LogP contribution in [0.1, 0.15) is 28.4 Å². The van der Waals surface area contributed by atoms with Crippen molar-refractivity contribution in [2.24, 2.45) is 0 Å². The van der Waals surface area contributed by atoms with Crippen molar-refractivity contribution in [1.82, 2.24) is 0 Å². The van der Waals surface area contributed by atoms with Gasteiger partial charge in [0.25, 0.3) is 0 Å². The summed E-state index contributed by atoms with van der Waals surface area (Å²) in [7, 11) is 0. The van der Waals surface area contributed by atoms with E-state index in [0.29, 0.717) is 16.7 Å². The van der Waals surface area contributed by atoms with Crippen LogP contribution < -0.4 is 0 Å². The Balaban J connectivity index is 2.23. The number of aryl methyl sites for hydroxylation is 1. The molecule has 0 heterocycles. The molecule has 0 bridgehead atoms. The van der Waals surface area contributed by atoms with Crippen LogP contribution in [0.5, 0.6) is 0 Å². The minimum atomic E-state index is -4.42. The molecule has 2 aromatic rings. The maximum atomic E-state index is 13.2. The Hall–Kier alpha value is -1.88. The Labute approximate surface area is 119 Å². The zero-order valence-electron chi connectivity index (χ0n) is 11.3. The third-order valence-corrected chi connectivity index (χ3v) is 3.28. The lowest BCUT2D eigenvalue weighted by molar-refractivity contribution is -0.137. The van der Waals surface area contributed by atoms with E-state index >= 15 is 0 Å². The van der Waals surface area contributed by atoms with E-state index in [9.17, 15) is 22.7 Å². The van der Waals surface area contributed by atoms with E-state index in [2.05, 4.69) is 0 Å². The zero-order chi connectivity index (χ0) is 15.6. The normalized spacial score (nSPS) is 13.2. The van der Waals surface area contributed by atoms with Crippen LogP contribution in [-0.2, 0) is 12.6 Å². The van der Waals surface area contributed by atoms with Gasteiger partial charge in [0.1, 0.15) is 5.82 Å². The number of hydrogen-bond donors (Lipinski definition) is 1. The fourth-order valence-electron chi connectivity index (χ4n) is 2.18. The lowest BCUT2D eigenvalue weighted by Crippen LogP contribution is -2.08. The minimum Gasteiger partial charge on any atom is -0.388 e. The first-order valence-corrected chi connectivity index (χ1v) is 6.37. The van der Waals surface area contributed by atoms with Gasteiger partial charge < -0.3 is 5.11 Å². The highest BCUT2D eigenvalue weighted by Crippen LogP contribution is 2.31. The van der Waals surface area contributed by atoms with E-state index < -0.39 is 23.7 Å². The Bertz CT molecular complexity index is 634. The molecule has 5 heteroatoms. The van der Waals surface area contributed by atoms with Gasteiger partial charge in [-0.3, -0.25) is 0 Å². The molecule has 112 valence electrons. The van der Waals surface area contributed by atoms with Crippen molar-refractivity contribution in [3.63, 3.8) is 0 Å². The summed E-state index contributed by atoms with van der Waals surface area (Å²) in [6, 6.07) is 8.78. The third kappa shape index (κ3) is 3.82. The summed E-state index contributed by atoms with van der Waals surface area (Å²) in [6.07, 6.45) is -5.48. The molecule has 0 aliphatic carbocycles. The highest BCUT2D eigenvalue weighted by Gasteiger charge is 2.30. The average molecular weight is 298 g/mol. The highest BCUT2D eigenvalue weighted by molar-refractivity contribution is 5.31. The van der Waals surface area contributed by atoms with Crippen LogP contribution in [0.15, 0.2) is 42.5 Å². The molecule has 21 heavy (non-hydrogen) atoms. The highest BCUT2D eigenvalue weighted by atomic mass is 19.4. The second-order valence-corrected chi connectivity index (χ2v) is 4.92. The average Bonchev–Trinajstić information content (AvgIpc) is 2.41. The van der Waals surface area contributed by atoms with E-state index in [1.807, 2.05) is 0 Å². The summed E-state index contributed by atoms with van der Waals surface area (Å²) >= 11 is 0. The van der Waals surface area contributed by atoms with Gasteiger partial charge in [0, 0.05) is 6.42 Å². The molecule has 0 amide bonds. The number of benzene rings is 2. The van der Waals surface area contributed by atoms with Crippen molar-refractivity contribution in [2.75, 3.05) is 0 Å². The Morgan fingerprint density at radius 2 is 1.81 bits per heavy atom. The molecular weight excluding hydrogens is 284 g/mol. The molecule has 0 aromatic heterocycles. The number of aliphatic hydroxyl groups excluding tert-OH is 1. The van der Waals surface area contributed by atoms with Gasteiger partial charge in [-0.25, -0.2) is 4.39 Å². The number of hydrogen-bond acceptors (Lipinski definition) is 1. The fourth-order valence-corrected chi connectivity index (χ4v) is 2.18. The number of alkyl halides is 3. The molecule has 1 unspecified atom stereocenters. The van der Waals surface area contributed by atoms with Crippen molar-refractivity contribution in [3.05, 3.63) is 70.5 Å². The zero-order valence-corrected chi connectivity index (χ0v) is 11.3. The Morgan fingerprint density at radius 1 is 1.10 bits per heavy atom. The van der Waals surface area contributed by atoms with Crippen LogP contribution in [0.25, 0.3) is 0 Å². The van der Waals surface area contributed by atoms with E-state index in [-0.39, 0.29) is 6.42 Å². The molecule has 1 nitrogen and oxygen atoms in total. The molecule has 0 spiro atoms. The standard InChI is InChI=1S/C16H14F4O/c1-10-5-6-13(17)9-14(10)15(21)8-11-3-2-4-12(7-11)16(18,19)20/h2-7,9,15,21H,8H2,1H3. The summed E-state index contributed by atoms with van der Waals surface area (Å²) in [6.45, 7) is 1.71. The summed E-state index contributed by atoms with van der Waals surface area (Å²) < 4.78 is 51.1. The minimum absolute atomic E-state index is 0.00574. The van der Waals surface area contributed by atoms with Gasteiger partial charge in [-0.1, -0.05) is 24.3 Å². The second kappa shape index (κ2) is 5.85. The van der Waals surface area contributed by atoms with Crippen molar-refractivity contribution >= 4 is 0 Å². The summed E-state index contributed by atoms with van der Waals surface area (Å²) in [5.41, 5.74) is 0.660. The predicted molar refractivity (Wildman–Crippen MR) is 71.2 cm³/mol. The molecule has 0 aliphatic rings. The van der Waals surface area contributed by atoms with E-state index in [0.717, 1.165) is 12.1 Å². The Kier molecular flexibility index (Phi) is 4.32. The Morgan fingerprint density at radius 3 is 2.48 bits per heavy atom. The van der Waals surface area contributed by atoms with Crippen LogP contribution >= 0.6 is 0 Å². The maximum Gasteiger partial charge on any atom is 0.416 e. The van der Waals surface area contributed by atoms with E-state index in [1.54, 1.807) is 6.92 Å². The van der Waals surface area contributed by atoms with Crippen molar-refractivity contribution in [1.29, 1.82) is 0 Å². The van der Waals surface area contributed by atoms with E-state index in [4.69, 9.17) is 0 Å². The quantitative estimate of drug-likeness (QED) is 0.831. The smallest absolute Gasteiger partial charge is 0.388 e. The number of rotatable bonds is 3. The van der Waals surface area contributed by atoms with Crippen molar-refractivity contribution in [3.8, 4) is 0 Å². The SMILES string of the molecule is Cc1ccc(F)cc1C(O)Cc1cccc(C(F)(F)F)c1. The molecule has 1 atom stereocenters. The van der Waals surface area contributed by atoms with Gasteiger partial charge in [-0.05, 0) is 41.8 Å². The van der Waals surface area contributed by atoms with E-state index in [1.165, 1.54) is 30.3 Å². The summed E-state index contributed by atoms with van der Waals surface area (Å²) in [5, 5.41) is 10.1. The lowest BCUT2D eigenvalue weighted by Gasteiger charge is -2.15. The molecule has 2 aromatic carbocycles. The van der Waals surface area contributed by atoms with Crippen LogP contribution in [0.2, 0.25) is 0 Å². The molecular formula is C16H14F4O. The van der Waals surface area contributed by atoms with Crippen LogP contribution in [0.3, 0.4) is 0 Å². The first-order chi connectivity index (χ1) is 9.77. The molecule has 0 saturated carbocycles. The first-order valence-electron chi connectivity index (χ1n) is 6.37. The van der Waals surface area contributed by atoms with Gasteiger partial charge in [0.2, 0.25) is 0 Å². The molecule has 1 N–H and O–H groups in total. The van der Waals surface area contributed by atoms with Crippen LogP contribution in [-0.4, -0.2) is 5.11 Å². The molecule has 0 saturated heterocycles. The first kappa shape index (κ1) is 15.5. The number of halogens is 4. The van der Waals surface area contributed by atoms with Gasteiger partial charge in [0.15, 0.2) is 0 Å². The van der Waals surface area contributed by atoms with Gasteiger partial charge in [-0.2, -0.15) is 13.2 Å². The molecule has 0 fully saturated rings. The van der Waals surface area contributed by atoms with Crippen LogP contribution in [0.4, 0.5) is 17.6 Å². The lowest BCUT2D eigenvalue weighted by atomic mass is 9.97. The summed E-state index contributed by atoms with van der Waals surface area (Å²) in [5.74, 6) is -0.487. The molecule has 0 aliphatic heterocycles. The molecule has 2 rings (SSSR count). The second-order valence-electron chi connectivity index (χ2n) is 4.92. The van der Waals surface area contributed by atoms with Gasteiger partial charge >= 0.3 is 6.18 Å². The van der Waals surface area contributed by atoms with Crippen molar-refractivity contribution < 1.29 is 22.7 Å². The fraction of sp³-hybridized carbons (Fsp3) is 0.250. The predicted octanol–water partition coefficient (Wildman–Crippen LogP) is 4.43. The number of aliphatic hydroxyl groups is 1. The monoisotopic (exact) mass is 298 g/mol. The maximum absolute atomic E-state index is 13.2. The largest absolute Gasteiger partial charge is 0.416 e. The summed E-state index contributed by atoms with van der Waals surface area (Å²) in [4.78, 5) is 0. The van der Waals surface area contributed by atoms with Gasteiger partial charge in [-0.15, -0.1) is 0 Å². The topological polar surface area (TPSA) is 20.2 Å². The third-order valence-electron chi connectivity index (χ3n) is 3.28. The molecule has 0 radical (unpaired) electrons. The van der Waals surface area contributed by atoms with Gasteiger partial charge in [0.05, 0.1) is 11.7 Å². The van der Waals surface area contributed by atoms with Crippen molar-refractivity contribution in [2.45, 2.75) is 25.6 Å². The van der Waals surface area contributed by atoms with Crippen LogP contribution in [0, 0.1) is 12.7 Å².